The number of pyridine rings is 1. The monoisotopic (exact) mass is 619 g/mol. The molecule has 0 spiro atoms. The first-order valence-electron chi connectivity index (χ1n) is 14.1. The number of aromatic nitrogens is 5. The van der Waals surface area contributed by atoms with Crippen LogP contribution in [0.25, 0.3) is 80.7 Å². The van der Waals surface area contributed by atoms with Crippen LogP contribution < -0.4 is 0 Å². The van der Waals surface area contributed by atoms with Gasteiger partial charge in [0.25, 0.3) is 0 Å². The number of para-hydroxylation sites is 1. The Balaban J connectivity index is 1.37. The van der Waals surface area contributed by atoms with Crippen molar-refractivity contribution in [3.05, 3.63) is 126 Å². The number of hydrogen-bond donors (Lipinski definition) is 0. The van der Waals surface area contributed by atoms with Crippen molar-refractivity contribution in [2.75, 3.05) is 0 Å². The standard InChI is InChI=1S/C36H21N5S3/c1-2-10-33-30(9-1)40-36(44-33)28-21-32-26(20-27(28)35-39-15-17-43-35)25-19-23(34-38-14-16-42-34)11-12-31(25)41(32)24-7-5-6-22(18-24)29-8-3-4-13-37-29/h1-21H. The van der Waals surface area contributed by atoms with E-state index < -0.39 is 0 Å². The summed E-state index contributed by atoms with van der Waals surface area (Å²) in [5, 5.41) is 9.37. The fourth-order valence-electron chi connectivity index (χ4n) is 5.88. The van der Waals surface area contributed by atoms with Crippen LogP contribution in [0.5, 0.6) is 0 Å². The molecule has 9 rings (SSSR count). The minimum absolute atomic E-state index is 0.947. The summed E-state index contributed by atoms with van der Waals surface area (Å²) in [6, 6.07) is 34.3. The lowest BCUT2D eigenvalue weighted by Gasteiger charge is -2.12. The second-order valence-electron chi connectivity index (χ2n) is 10.4. The molecule has 0 saturated heterocycles. The van der Waals surface area contributed by atoms with Crippen molar-refractivity contribution in [1.82, 2.24) is 24.5 Å². The molecule has 0 bridgehead atoms. The van der Waals surface area contributed by atoms with Gasteiger partial charge < -0.3 is 4.57 Å². The molecule has 5 heterocycles. The van der Waals surface area contributed by atoms with Crippen LogP contribution in [0.2, 0.25) is 0 Å². The van der Waals surface area contributed by atoms with Gasteiger partial charge in [0, 0.05) is 68.1 Å². The highest BCUT2D eigenvalue weighted by Crippen LogP contribution is 2.44. The van der Waals surface area contributed by atoms with Crippen molar-refractivity contribution in [2.24, 2.45) is 0 Å². The quantitative estimate of drug-likeness (QED) is 0.192. The minimum Gasteiger partial charge on any atom is -0.309 e. The van der Waals surface area contributed by atoms with Gasteiger partial charge in [-0.05, 0) is 66.7 Å². The summed E-state index contributed by atoms with van der Waals surface area (Å²) in [6.07, 6.45) is 5.58. The average molecular weight is 620 g/mol. The van der Waals surface area contributed by atoms with Gasteiger partial charge in [0.2, 0.25) is 0 Å². The molecule has 0 aliphatic heterocycles. The summed E-state index contributed by atoms with van der Waals surface area (Å²) in [4.78, 5) is 19.1. The Bertz CT molecular complexity index is 2410. The largest absolute Gasteiger partial charge is 0.309 e. The third-order valence-corrected chi connectivity index (χ3v) is 10.5. The van der Waals surface area contributed by atoms with Gasteiger partial charge >= 0.3 is 0 Å². The van der Waals surface area contributed by atoms with Crippen LogP contribution in [-0.2, 0) is 0 Å². The summed E-state index contributed by atoms with van der Waals surface area (Å²) in [6.45, 7) is 0. The van der Waals surface area contributed by atoms with E-state index in [1.807, 2.05) is 47.5 Å². The van der Waals surface area contributed by atoms with E-state index in [4.69, 9.17) is 9.97 Å². The number of fused-ring (bicyclic) bond motifs is 4. The first-order chi connectivity index (χ1) is 21.8. The lowest BCUT2D eigenvalue weighted by molar-refractivity contribution is 1.18. The minimum atomic E-state index is 0.947. The topological polar surface area (TPSA) is 56.5 Å². The molecule has 0 radical (unpaired) electrons. The van der Waals surface area contributed by atoms with E-state index in [1.54, 1.807) is 34.0 Å². The zero-order valence-corrected chi connectivity index (χ0v) is 25.5. The van der Waals surface area contributed by atoms with Crippen molar-refractivity contribution in [1.29, 1.82) is 0 Å². The molecule has 44 heavy (non-hydrogen) atoms. The van der Waals surface area contributed by atoms with Gasteiger partial charge in [-0.2, -0.15) is 0 Å². The SMILES string of the molecule is c1ccc(-c2cccc(-n3c4ccc(-c5nccs5)cc4c4cc(-c5nccs5)c(-c5nc6ccccc6s5)cc43)c2)nc1. The highest BCUT2D eigenvalue weighted by molar-refractivity contribution is 7.21. The van der Waals surface area contributed by atoms with Crippen molar-refractivity contribution >= 4 is 66.0 Å². The van der Waals surface area contributed by atoms with E-state index in [0.717, 1.165) is 70.6 Å². The van der Waals surface area contributed by atoms with Crippen LogP contribution in [0.1, 0.15) is 0 Å². The second-order valence-corrected chi connectivity index (χ2v) is 13.2. The van der Waals surface area contributed by atoms with Gasteiger partial charge in [0.15, 0.2) is 0 Å². The number of rotatable bonds is 5. The highest BCUT2D eigenvalue weighted by atomic mass is 32.1. The van der Waals surface area contributed by atoms with Gasteiger partial charge in [-0.25, -0.2) is 15.0 Å². The summed E-state index contributed by atoms with van der Waals surface area (Å²) < 4.78 is 3.54. The van der Waals surface area contributed by atoms with Gasteiger partial charge in [0.05, 0.1) is 26.9 Å². The molecule has 0 amide bonds. The summed E-state index contributed by atoms with van der Waals surface area (Å²) in [5.41, 5.74) is 9.63. The van der Waals surface area contributed by atoms with Gasteiger partial charge in [-0.1, -0.05) is 30.3 Å². The first kappa shape index (κ1) is 25.5. The molecule has 5 nitrogen and oxygen atoms in total. The van der Waals surface area contributed by atoms with E-state index in [1.165, 1.54) is 10.1 Å². The Kier molecular flexibility index (Phi) is 5.97. The number of nitrogens with zero attached hydrogens (tertiary/aromatic N) is 5. The normalized spacial score (nSPS) is 11.6. The van der Waals surface area contributed by atoms with Gasteiger partial charge in [-0.3, -0.25) is 4.98 Å². The molecular weight excluding hydrogens is 599 g/mol. The first-order valence-corrected chi connectivity index (χ1v) is 16.7. The highest BCUT2D eigenvalue weighted by Gasteiger charge is 2.21. The molecule has 208 valence electrons. The Morgan fingerprint density at radius 1 is 0.545 bits per heavy atom. The molecule has 0 fully saturated rings. The van der Waals surface area contributed by atoms with Crippen LogP contribution in [-0.4, -0.2) is 24.5 Å². The van der Waals surface area contributed by atoms with Crippen LogP contribution in [0.15, 0.2) is 126 Å². The zero-order chi connectivity index (χ0) is 29.0. The Morgan fingerprint density at radius 3 is 2.18 bits per heavy atom. The van der Waals surface area contributed by atoms with E-state index in [0.29, 0.717) is 0 Å². The van der Waals surface area contributed by atoms with Crippen LogP contribution in [0.4, 0.5) is 0 Å². The van der Waals surface area contributed by atoms with Gasteiger partial charge in [0.1, 0.15) is 15.0 Å². The van der Waals surface area contributed by atoms with Crippen LogP contribution >= 0.6 is 34.0 Å². The lowest BCUT2D eigenvalue weighted by Crippen LogP contribution is -1.95. The van der Waals surface area contributed by atoms with Crippen LogP contribution in [0, 0.1) is 0 Å². The summed E-state index contributed by atoms with van der Waals surface area (Å²) >= 11 is 5.03. The van der Waals surface area contributed by atoms with Gasteiger partial charge in [-0.15, -0.1) is 34.0 Å². The fraction of sp³-hybridized carbons (Fsp3) is 0. The Labute approximate surface area is 264 Å². The van der Waals surface area contributed by atoms with Crippen molar-refractivity contribution in [2.45, 2.75) is 0 Å². The smallest absolute Gasteiger partial charge is 0.125 e. The Hall–Kier alpha value is -5.02. The van der Waals surface area contributed by atoms with Crippen molar-refractivity contribution < 1.29 is 0 Å². The van der Waals surface area contributed by atoms with E-state index in [2.05, 4.69) is 93.4 Å². The second kappa shape index (κ2) is 10.3. The molecule has 0 atom stereocenters. The number of hydrogen-bond acceptors (Lipinski definition) is 7. The van der Waals surface area contributed by atoms with Crippen molar-refractivity contribution in [3.63, 3.8) is 0 Å². The summed E-state index contributed by atoms with van der Waals surface area (Å²) in [7, 11) is 0. The van der Waals surface area contributed by atoms with Crippen molar-refractivity contribution in [3.8, 4) is 48.7 Å². The fourth-order valence-corrected chi connectivity index (χ4v) is 8.18. The maximum atomic E-state index is 5.09. The van der Waals surface area contributed by atoms with E-state index in [9.17, 15) is 0 Å². The molecule has 0 unspecified atom stereocenters. The molecule has 4 aromatic carbocycles. The predicted octanol–water partition coefficient (Wildman–Crippen LogP) is 10.4. The molecule has 0 aliphatic carbocycles. The third kappa shape index (κ3) is 4.18. The average Bonchev–Trinajstić information content (AvgIpc) is 3.90. The lowest BCUT2D eigenvalue weighted by atomic mass is 10.0. The molecule has 0 saturated carbocycles. The van der Waals surface area contributed by atoms with E-state index >= 15 is 0 Å². The van der Waals surface area contributed by atoms with Crippen LogP contribution in [0.3, 0.4) is 0 Å². The van der Waals surface area contributed by atoms with E-state index in [-0.39, 0.29) is 0 Å². The molecule has 8 heteroatoms. The summed E-state index contributed by atoms with van der Waals surface area (Å²) in [5.74, 6) is 0. The zero-order valence-electron chi connectivity index (χ0n) is 23.1. The third-order valence-electron chi connectivity index (χ3n) is 7.84. The maximum Gasteiger partial charge on any atom is 0.125 e. The number of thiazole rings is 3. The molecule has 9 aromatic rings. The number of benzene rings is 4. The molecule has 0 N–H and O–H groups in total. The predicted molar refractivity (Wildman–Crippen MR) is 185 cm³/mol. The Morgan fingerprint density at radius 2 is 1.36 bits per heavy atom. The maximum absolute atomic E-state index is 5.09. The molecule has 5 aromatic heterocycles. The molecular formula is C36H21N5S3. The molecule has 0 aliphatic rings.